The van der Waals surface area contributed by atoms with Crippen LogP contribution in [0.2, 0.25) is 18.1 Å². The van der Waals surface area contributed by atoms with Crippen molar-refractivity contribution in [2.75, 3.05) is 26.2 Å². The number of hydrogen-bond donors (Lipinski definition) is 2. The fourth-order valence-electron chi connectivity index (χ4n) is 6.10. The highest BCUT2D eigenvalue weighted by Gasteiger charge is 2.61. The Hall–Kier alpha value is -1.81. The van der Waals surface area contributed by atoms with Gasteiger partial charge in [-0.05, 0) is 43.6 Å². The van der Waals surface area contributed by atoms with Gasteiger partial charge in [-0.1, -0.05) is 27.7 Å². The normalized spacial score (nSPS) is 27.1. The predicted octanol–water partition coefficient (Wildman–Crippen LogP) is 1.38. The molecule has 2 saturated heterocycles. The molecule has 2 fully saturated rings. The van der Waals surface area contributed by atoms with E-state index in [4.69, 9.17) is 14.7 Å². The molecule has 12 heteroatoms. The molecular weight excluding hydrogens is 499 g/mol. The zero-order valence-electron chi connectivity index (χ0n) is 22.0. The second-order valence-electron chi connectivity index (χ2n) is 10.3. The van der Waals surface area contributed by atoms with Crippen LogP contribution in [0.5, 0.6) is 0 Å². The Bertz CT molecular complexity index is 918. The maximum atomic E-state index is 13.4. The number of rotatable bonds is 12. The number of carbonyl (C=O) groups excluding carboxylic acids is 4. The molecule has 202 valence electrons. The van der Waals surface area contributed by atoms with E-state index in [1.54, 1.807) is 4.90 Å². The Labute approximate surface area is 217 Å². The van der Waals surface area contributed by atoms with Crippen molar-refractivity contribution in [1.29, 1.82) is 0 Å². The summed E-state index contributed by atoms with van der Waals surface area (Å²) in [5.74, 6) is -2.00. The topological polar surface area (TPSA) is 131 Å². The molecule has 0 spiro atoms. The fourth-order valence-corrected chi connectivity index (χ4v) is 9.15. The largest absolute Gasteiger partial charge is 0.447 e. The van der Waals surface area contributed by atoms with E-state index in [0.29, 0.717) is 31.8 Å². The molecule has 2 unspecified atom stereocenters. The van der Waals surface area contributed by atoms with Crippen LogP contribution in [-0.2, 0) is 28.1 Å². The van der Waals surface area contributed by atoms with E-state index < -0.39 is 20.2 Å². The lowest BCUT2D eigenvalue weighted by atomic mass is 9.77. The SMILES string of the molecule is CC[Si](CC)(CC)O[C@H](C)C1C(=O)N2C(C(=O)OP)=C(CN3CC[C@H](C(=O)NCC(N)=O)C3)[C@H](C)[C@H]12. The van der Waals surface area contributed by atoms with Gasteiger partial charge < -0.3 is 24.9 Å². The van der Waals surface area contributed by atoms with Gasteiger partial charge in [-0.25, -0.2) is 4.79 Å². The quantitative estimate of drug-likeness (QED) is 0.217. The molecule has 6 atom stereocenters. The van der Waals surface area contributed by atoms with Crippen molar-refractivity contribution in [2.24, 2.45) is 23.5 Å². The van der Waals surface area contributed by atoms with Crippen LogP contribution in [-0.4, -0.2) is 80.1 Å². The molecule has 3 aliphatic heterocycles. The first-order valence-electron chi connectivity index (χ1n) is 13.0. The van der Waals surface area contributed by atoms with Gasteiger partial charge in [0.15, 0.2) is 8.32 Å². The summed E-state index contributed by atoms with van der Waals surface area (Å²) in [6.07, 6.45) is 0.429. The van der Waals surface area contributed by atoms with Gasteiger partial charge in [0.1, 0.15) is 5.70 Å². The number of nitrogens with two attached hydrogens (primary N) is 1. The smallest absolute Gasteiger partial charge is 0.357 e. The minimum atomic E-state index is -1.90. The van der Waals surface area contributed by atoms with Crippen LogP contribution in [0.3, 0.4) is 0 Å². The lowest BCUT2D eigenvalue weighted by molar-refractivity contribution is -0.161. The minimum Gasteiger partial charge on any atom is -0.447 e. The van der Waals surface area contributed by atoms with Crippen LogP contribution < -0.4 is 11.1 Å². The van der Waals surface area contributed by atoms with Crippen molar-refractivity contribution in [3.05, 3.63) is 11.3 Å². The van der Waals surface area contributed by atoms with Gasteiger partial charge in [0.05, 0.1) is 40.0 Å². The number of nitrogens with one attached hydrogen (secondary N) is 1. The number of fused-ring (bicyclic) bond motifs is 1. The molecule has 0 radical (unpaired) electrons. The molecule has 3 rings (SSSR count). The number of primary amides is 1. The Morgan fingerprint density at radius 3 is 2.42 bits per heavy atom. The number of amides is 3. The first-order chi connectivity index (χ1) is 17.0. The zero-order chi connectivity index (χ0) is 26.8. The fraction of sp³-hybridized carbons (Fsp3) is 0.750. The maximum absolute atomic E-state index is 13.4. The first-order valence-corrected chi connectivity index (χ1v) is 16.0. The highest BCUT2D eigenvalue weighted by molar-refractivity contribution is 7.10. The van der Waals surface area contributed by atoms with Crippen molar-refractivity contribution in [3.63, 3.8) is 0 Å². The Morgan fingerprint density at radius 1 is 1.22 bits per heavy atom. The number of nitrogens with zero attached hydrogens (tertiary/aromatic N) is 2. The standard InChI is InChI=1S/C24H41N4O6PSi/c1-6-36(7-2,8-3)34-15(5)19-20-14(4)17(21(24(32)33-35)28(20)23(19)31)13-27-10-9-16(12-27)22(30)26-11-18(25)29/h14-16,19-20H,6-13,35H2,1-5H3,(H2,25,29)(H,26,30)/t14-,15+,16-,19?,20+/m0/s1. The minimum absolute atomic E-state index is 0.0402. The van der Waals surface area contributed by atoms with Gasteiger partial charge in [-0.2, -0.15) is 0 Å². The van der Waals surface area contributed by atoms with E-state index >= 15 is 0 Å². The number of likely N-dealkylation sites (tertiary alicyclic amines) is 1. The van der Waals surface area contributed by atoms with Crippen LogP contribution in [0.25, 0.3) is 0 Å². The third-order valence-electron chi connectivity index (χ3n) is 8.44. The average molecular weight is 541 g/mol. The number of carbonyl (C=O) groups is 4. The Kier molecular flexibility index (Phi) is 9.35. The zero-order valence-corrected chi connectivity index (χ0v) is 24.2. The Balaban J connectivity index is 1.75. The Morgan fingerprint density at radius 2 is 1.86 bits per heavy atom. The van der Waals surface area contributed by atoms with E-state index in [-0.39, 0.29) is 48.3 Å². The maximum Gasteiger partial charge on any atom is 0.357 e. The lowest BCUT2D eigenvalue weighted by Gasteiger charge is -2.49. The molecule has 0 bridgehead atoms. The predicted molar refractivity (Wildman–Crippen MR) is 141 cm³/mol. The summed E-state index contributed by atoms with van der Waals surface area (Å²) in [6, 6.07) is 2.88. The van der Waals surface area contributed by atoms with Crippen LogP contribution in [0.4, 0.5) is 0 Å². The molecule has 36 heavy (non-hydrogen) atoms. The summed E-state index contributed by atoms with van der Waals surface area (Å²) in [7, 11) is 0.0836. The van der Waals surface area contributed by atoms with Crippen molar-refractivity contribution in [3.8, 4) is 0 Å². The molecule has 0 aromatic heterocycles. The molecule has 0 aromatic carbocycles. The average Bonchev–Trinajstić information content (AvgIpc) is 3.42. The molecular formula is C24H41N4O6PSi. The highest BCUT2D eigenvalue weighted by Crippen LogP contribution is 2.49. The molecule has 3 N–H and O–H groups in total. The molecule has 10 nitrogen and oxygen atoms in total. The summed E-state index contributed by atoms with van der Waals surface area (Å²) >= 11 is 0. The van der Waals surface area contributed by atoms with Crippen molar-refractivity contribution in [2.45, 2.75) is 71.3 Å². The van der Waals surface area contributed by atoms with E-state index in [1.807, 2.05) is 16.4 Å². The molecule has 0 aromatic rings. The third kappa shape index (κ3) is 5.39. The summed E-state index contributed by atoms with van der Waals surface area (Å²) in [5, 5.41) is 2.57. The van der Waals surface area contributed by atoms with Crippen LogP contribution >= 0.6 is 9.47 Å². The molecule has 3 amide bonds. The lowest BCUT2D eigenvalue weighted by Crippen LogP contribution is -2.65. The summed E-state index contributed by atoms with van der Waals surface area (Å²) in [5.41, 5.74) is 6.31. The van der Waals surface area contributed by atoms with Crippen molar-refractivity contribution >= 4 is 41.5 Å². The highest BCUT2D eigenvalue weighted by atomic mass is 31.0. The van der Waals surface area contributed by atoms with Crippen LogP contribution in [0.15, 0.2) is 11.3 Å². The van der Waals surface area contributed by atoms with Crippen LogP contribution in [0.1, 0.15) is 41.0 Å². The first kappa shape index (κ1) is 28.8. The van der Waals surface area contributed by atoms with E-state index in [0.717, 1.165) is 23.7 Å². The molecule has 3 heterocycles. The van der Waals surface area contributed by atoms with E-state index in [2.05, 4.69) is 37.9 Å². The van der Waals surface area contributed by atoms with Gasteiger partial charge in [-0.3, -0.25) is 19.3 Å². The van der Waals surface area contributed by atoms with Gasteiger partial charge >= 0.3 is 5.97 Å². The van der Waals surface area contributed by atoms with E-state index in [9.17, 15) is 19.2 Å². The summed E-state index contributed by atoms with van der Waals surface area (Å²) < 4.78 is 11.6. The van der Waals surface area contributed by atoms with Gasteiger partial charge in [-0.15, -0.1) is 0 Å². The second-order valence-corrected chi connectivity index (χ2v) is 15.2. The van der Waals surface area contributed by atoms with Crippen molar-refractivity contribution in [1.82, 2.24) is 15.1 Å². The third-order valence-corrected chi connectivity index (χ3v) is 13.4. The van der Waals surface area contributed by atoms with Gasteiger partial charge in [0.25, 0.3) is 0 Å². The van der Waals surface area contributed by atoms with Crippen molar-refractivity contribution < 1.29 is 28.1 Å². The summed E-state index contributed by atoms with van der Waals surface area (Å²) in [4.78, 5) is 53.3. The van der Waals surface area contributed by atoms with E-state index in [1.165, 1.54) is 0 Å². The number of hydrogen-bond acceptors (Lipinski definition) is 7. The number of β-lactam (4-membered cyclic amide) rings is 1. The second kappa shape index (κ2) is 11.7. The molecule has 0 saturated carbocycles. The molecule has 0 aliphatic carbocycles. The van der Waals surface area contributed by atoms with Gasteiger partial charge in [0, 0.05) is 19.0 Å². The molecule has 3 aliphatic rings. The monoisotopic (exact) mass is 540 g/mol. The van der Waals surface area contributed by atoms with Gasteiger partial charge in [0.2, 0.25) is 17.7 Å². The van der Waals surface area contributed by atoms with Crippen LogP contribution in [0, 0.1) is 17.8 Å². The summed E-state index contributed by atoms with van der Waals surface area (Å²) in [6.45, 7) is 12.0.